The lowest BCUT2D eigenvalue weighted by Crippen LogP contribution is -2.35. The summed E-state index contributed by atoms with van der Waals surface area (Å²) in [6.07, 6.45) is 3.70. The van der Waals surface area contributed by atoms with E-state index in [2.05, 4.69) is 97.1 Å². The molecule has 0 heterocycles. The second-order valence-corrected chi connectivity index (χ2v) is 11.1. The van der Waals surface area contributed by atoms with Crippen molar-refractivity contribution in [3.8, 4) is 11.5 Å². The molecule has 2 aromatic carbocycles. The molecule has 2 rings (SSSR count). The molecule has 0 radical (unpaired) electrons. The maximum atomic E-state index is 10.4. The number of hydrogen-bond donors (Lipinski definition) is 2. The summed E-state index contributed by atoms with van der Waals surface area (Å²) in [6, 6.07) is 12.8. The molecule has 1 unspecified atom stereocenters. The summed E-state index contributed by atoms with van der Waals surface area (Å²) < 4.78 is 11.6. The first-order valence-electron chi connectivity index (χ1n) is 11.9. The zero-order chi connectivity index (χ0) is 24.8. The van der Waals surface area contributed by atoms with E-state index < -0.39 is 6.10 Å². The third-order valence-corrected chi connectivity index (χ3v) is 5.49. The Balaban J connectivity index is 2.43. The Hall–Kier alpha value is -2.30. The van der Waals surface area contributed by atoms with Crippen LogP contribution in [-0.4, -0.2) is 37.5 Å². The Labute approximate surface area is 201 Å². The summed E-state index contributed by atoms with van der Waals surface area (Å²) in [5.41, 5.74) is 4.32. The smallest absolute Gasteiger partial charge is 0.126 e. The van der Waals surface area contributed by atoms with Gasteiger partial charge in [0.25, 0.3) is 0 Å². The summed E-state index contributed by atoms with van der Waals surface area (Å²) in [5.74, 6) is 1.74. The third-order valence-electron chi connectivity index (χ3n) is 5.49. The topological polar surface area (TPSA) is 50.7 Å². The number of benzene rings is 2. The molecule has 0 spiro atoms. The van der Waals surface area contributed by atoms with Gasteiger partial charge in [-0.15, -0.1) is 0 Å². The van der Waals surface area contributed by atoms with Gasteiger partial charge in [0.1, 0.15) is 24.2 Å². The molecule has 0 aliphatic rings. The Bertz CT molecular complexity index is 880. The molecule has 4 nitrogen and oxygen atoms in total. The van der Waals surface area contributed by atoms with E-state index in [-0.39, 0.29) is 17.4 Å². The standard InChI is InChI=1S/C29H43NO3/c1-20(2)30-18-23(31)19-33-27-25(28(3,4)5)16-22(17-26(27)29(6,7)8)11-10-21-12-14-24(32-9)15-13-21/h10-17,20,23,30-31H,18-19H2,1-9H3/b11-10+. The Morgan fingerprint density at radius 2 is 1.39 bits per heavy atom. The van der Waals surface area contributed by atoms with Gasteiger partial charge in [-0.05, 0) is 46.2 Å². The Morgan fingerprint density at radius 1 is 0.879 bits per heavy atom. The third kappa shape index (κ3) is 8.21. The minimum Gasteiger partial charge on any atom is -0.497 e. The Kier molecular flexibility index (Phi) is 9.16. The highest BCUT2D eigenvalue weighted by Crippen LogP contribution is 2.41. The van der Waals surface area contributed by atoms with E-state index in [1.807, 2.05) is 12.1 Å². The largest absolute Gasteiger partial charge is 0.497 e. The number of ether oxygens (including phenoxy) is 2. The molecule has 4 heteroatoms. The summed E-state index contributed by atoms with van der Waals surface area (Å²) in [7, 11) is 1.68. The second-order valence-electron chi connectivity index (χ2n) is 11.1. The first-order valence-corrected chi connectivity index (χ1v) is 11.9. The van der Waals surface area contributed by atoms with Gasteiger partial charge in [0.2, 0.25) is 0 Å². The molecular formula is C29H43NO3. The summed E-state index contributed by atoms with van der Waals surface area (Å²) >= 11 is 0. The van der Waals surface area contributed by atoms with Gasteiger partial charge in [0.15, 0.2) is 0 Å². The summed E-state index contributed by atoms with van der Waals surface area (Å²) in [6.45, 7) is 18.1. The molecule has 33 heavy (non-hydrogen) atoms. The predicted molar refractivity (Wildman–Crippen MR) is 140 cm³/mol. The molecule has 1 atom stereocenters. The molecule has 0 aromatic heterocycles. The monoisotopic (exact) mass is 453 g/mol. The first-order chi connectivity index (χ1) is 15.3. The highest BCUT2D eigenvalue weighted by Gasteiger charge is 2.28. The number of nitrogens with one attached hydrogen (secondary N) is 1. The van der Waals surface area contributed by atoms with E-state index in [1.165, 1.54) is 0 Å². The van der Waals surface area contributed by atoms with Crippen LogP contribution in [0.2, 0.25) is 0 Å². The molecule has 2 N–H and O–H groups in total. The van der Waals surface area contributed by atoms with Crippen molar-refractivity contribution >= 4 is 12.2 Å². The molecule has 0 aliphatic carbocycles. The highest BCUT2D eigenvalue weighted by molar-refractivity contribution is 5.72. The molecule has 0 saturated heterocycles. The van der Waals surface area contributed by atoms with Crippen LogP contribution in [0, 0.1) is 0 Å². The zero-order valence-electron chi connectivity index (χ0n) is 22.0. The maximum Gasteiger partial charge on any atom is 0.126 e. The van der Waals surface area contributed by atoms with Crippen molar-refractivity contribution in [2.75, 3.05) is 20.3 Å². The van der Waals surface area contributed by atoms with Crippen LogP contribution >= 0.6 is 0 Å². The highest BCUT2D eigenvalue weighted by atomic mass is 16.5. The fraction of sp³-hybridized carbons (Fsp3) is 0.517. The van der Waals surface area contributed by atoms with E-state index in [4.69, 9.17) is 9.47 Å². The fourth-order valence-corrected chi connectivity index (χ4v) is 3.53. The van der Waals surface area contributed by atoms with Gasteiger partial charge in [-0.2, -0.15) is 0 Å². The lowest BCUT2D eigenvalue weighted by Gasteiger charge is -2.31. The molecule has 2 aromatic rings. The normalized spacial score (nSPS) is 13.5. The van der Waals surface area contributed by atoms with E-state index in [0.717, 1.165) is 33.8 Å². The van der Waals surface area contributed by atoms with Crippen LogP contribution in [0.5, 0.6) is 11.5 Å². The number of rotatable bonds is 9. The number of aliphatic hydroxyl groups is 1. The van der Waals surface area contributed by atoms with Gasteiger partial charge >= 0.3 is 0 Å². The molecule has 0 bridgehead atoms. The average molecular weight is 454 g/mol. The van der Waals surface area contributed by atoms with Crippen molar-refractivity contribution in [1.29, 1.82) is 0 Å². The lowest BCUT2D eigenvalue weighted by molar-refractivity contribution is 0.102. The van der Waals surface area contributed by atoms with Gasteiger partial charge in [-0.25, -0.2) is 0 Å². The SMILES string of the molecule is COc1ccc(/C=C/c2cc(C(C)(C)C)c(OCC(O)CNC(C)C)c(C(C)(C)C)c2)cc1. The first kappa shape index (κ1) is 26.9. The lowest BCUT2D eigenvalue weighted by atomic mass is 9.78. The van der Waals surface area contributed by atoms with Gasteiger partial charge in [-0.1, -0.05) is 79.7 Å². The molecule has 0 fully saturated rings. The average Bonchev–Trinajstić information content (AvgIpc) is 2.73. The molecule has 0 saturated carbocycles. The number of hydrogen-bond acceptors (Lipinski definition) is 4. The van der Waals surface area contributed by atoms with E-state index in [1.54, 1.807) is 7.11 Å². The summed E-state index contributed by atoms with van der Waals surface area (Å²) in [4.78, 5) is 0. The minimum atomic E-state index is -0.567. The van der Waals surface area contributed by atoms with Crippen molar-refractivity contribution in [3.63, 3.8) is 0 Å². The quantitative estimate of drug-likeness (QED) is 0.444. The zero-order valence-corrected chi connectivity index (χ0v) is 22.0. The number of methoxy groups -OCH3 is 1. The van der Waals surface area contributed by atoms with Crippen molar-refractivity contribution in [2.45, 2.75) is 78.4 Å². The van der Waals surface area contributed by atoms with E-state index in [9.17, 15) is 5.11 Å². The van der Waals surface area contributed by atoms with E-state index in [0.29, 0.717) is 12.6 Å². The minimum absolute atomic E-state index is 0.111. The van der Waals surface area contributed by atoms with Crippen molar-refractivity contribution in [3.05, 3.63) is 58.7 Å². The molecule has 0 amide bonds. The van der Waals surface area contributed by atoms with Crippen LogP contribution in [0.25, 0.3) is 12.2 Å². The van der Waals surface area contributed by atoms with Crippen molar-refractivity contribution < 1.29 is 14.6 Å². The van der Waals surface area contributed by atoms with Crippen LogP contribution in [-0.2, 0) is 10.8 Å². The fourth-order valence-electron chi connectivity index (χ4n) is 3.53. The van der Waals surface area contributed by atoms with Crippen LogP contribution < -0.4 is 14.8 Å². The molecule has 0 aliphatic heterocycles. The van der Waals surface area contributed by atoms with Crippen LogP contribution in [0.15, 0.2) is 36.4 Å². The van der Waals surface area contributed by atoms with E-state index >= 15 is 0 Å². The van der Waals surface area contributed by atoms with Gasteiger partial charge < -0.3 is 19.9 Å². The summed E-state index contributed by atoms with van der Waals surface area (Å²) in [5, 5.41) is 13.7. The molecular weight excluding hydrogens is 410 g/mol. The Morgan fingerprint density at radius 3 is 1.85 bits per heavy atom. The van der Waals surface area contributed by atoms with Gasteiger partial charge in [-0.3, -0.25) is 0 Å². The van der Waals surface area contributed by atoms with Gasteiger partial charge in [0, 0.05) is 23.7 Å². The maximum absolute atomic E-state index is 10.4. The predicted octanol–water partition coefficient (Wildman–Crippen LogP) is 6.20. The van der Waals surface area contributed by atoms with Gasteiger partial charge in [0.05, 0.1) is 7.11 Å². The van der Waals surface area contributed by atoms with Crippen LogP contribution in [0.1, 0.15) is 77.6 Å². The molecule has 182 valence electrons. The second kappa shape index (κ2) is 11.2. The van der Waals surface area contributed by atoms with Crippen LogP contribution in [0.3, 0.4) is 0 Å². The number of aliphatic hydroxyl groups excluding tert-OH is 1. The van der Waals surface area contributed by atoms with Crippen molar-refractivity contribution in [2.24, 2.45) is 0 Å². The van der Waals surface area contributed by atoms with Crippen molar-refractivity contribution in [1.82, 2.24) is 5.32 Å². The van der Waals surface area contributed by atoms with Crippen LogP contribution in [0.4, 0.5) is 0 Å².